The molecule has 0 aromatic heterocycles. The fourth-order valence-electron chi connectivity index (χ4n) is 1.92. The highest BCUT2D eigenvalue weighted by Crippen LogP contribution is 2.18. The van der Waals surface area contributed by atoms with E-state index < -0.39 is 0 Å². The smallest absolute Gasteiger partial charge is 0.224 e. The van der Waals surface area contributed by atoms with E-state index in [9.17, 15) is 4.79 Å². The van der Waals surface area contributed by atoms with Gasteiger partial charge in [-0.25, -0.2) is 0 Å². The molecule has 0 bridgehead atoms. The van der Waals surface area contributed by atoms with Gasteiger partial charge in [-0.2, -0.15) is 0 Å². The summed E-state index contributed by atoms with van der Waals surface area (Å²) < 4.78 is 6.24. The van der Waals surface area contributed by atoms with Crippen molar-refractivity contribution in [2.45, 2.75) is 13.0 Å². The van der Waals surface area contributed by atoms with Crippen LogP contribution < -0.4 is 10.1 Å². The van der Waals surface area contributed by atoms with Crippen LogP contribution in [0.4, 0.5) is 0 Å². The third-order valence-electron chi connectivity index (χ3n) is 2.98. The van der Waals surface area contributed by atoms with Gasteiger partial charge in [-0.3, -0.25) is 4.79 Å². The van der Waals surface area contributed by atoms with E-state index in [-0.39, 0.29) is 5.91 Å². The Bertz CT molecular complexity index is 599. The number of rotatable bonds is 5. The molecule has 0 fully saturated rings. The average Bonchev–Trinajstić information content (AvgIpc) is 2.47. The molecule has 0 saturated heterocycles. The number of carbonyl (C=O) groups is 1. The minimum Gasteiger partial charge on any atom is -0.496 e. The Hall–Kier alpha value is -1.81. The Balaban J connectivity index is 1.95. The Morgan fingerprint density at radius 1 is 1.10 bits per heavy atom. The lowest BCUT2D eigenvalue weighted by molar-refractivity contribution is -0.120. The molecule has 20 heavy (non-hydrogen) atoms. The zero-order valence-electron chi connectivity index (χ0n) is 11.2. The van der Waals surface area contributed by atoms with Gasteiger partial charge in [0.2, 0.25) is 5.91 Å². The van der Waals surface area contributed by atoms with Crippen LogP contribution in [-0.4, -0.2) is 13.0 Å². The van der Waals surface area contributed by atoms with E-state index in [1.54, 1.807) is 7.11 Å². The van der Waals surface area contributed by atoms with Gasteiger partial charge in [0, 0.05) is 16.6 Å². The highest BCUT2D eigenvalue weighted by Gasteiger charge is 2.08. The van der Waals surface area contributed by atoms with Crippen molar-refractivity contribution in [1.29, 1.82) is 0 Å². The number of nitrogens with one attached hydrogen (secondary N) is 1. The van der Waals surface area contributed by atoms with Gasteiger partial charge in [0.05, 0.1) is 13.5 Å². The van der Waals surface area contributed by atoms with E-state index in [4.69, 9.17) is 4.74 Å². The van der Waals surface area contributed by atoms with Crippen LogP contribution in [0.5, 0.6) is 5.75 Å². The van der Waals surface area contributed by atoms with E-state index in [1.165, 1.54) is 0 Å². The highest BCUT2D eigenvalue weighted by molar-refractivity contribution is 9.10. The molecule has 0 heterocycles. The summed E-state index contributed by atoms with van der Waals surface area (Å²) in [5.41, 5.74) is 1.94. The monoisotopic (exact) mass is 333 g/mol. The maximum Gasteiger partial charge on any atom is 0.224 e. The van der Waals surface area contributed by atoms with Crippen molar-refractivity contribution in [3.63, 3.8) is 0 Å². The van der Waals surface area contributed by atoms with Gasteiger partial charge in [0.25, 0.3) is 0 Å². The predicted molar refractivity (Wildman–Crippen MR) is 82.7 cm³/mol. The molecule has 0 spiro atoms. The molecule has 4 heteroatoms. The van der Waals surface area contributed by atoms with Crippen molar-refractivity contribution in [3.8, 4) is 5.75 Å². The quantitative estimate of drug-likeness (QED) is 0.911. The van der Waals surface area contributed by atoms with Gasteiger partial charge in [-0.05, 0) is 17.7 Å². The van der Waals surface area contributed by atoms with E-state index in [0.717, 1.165) is 21.3 Å². The van der Waals surface area contributed by atoms with E-state index in [2.05, 4.69) is 21.2 Å². The first kappa shape index (κ1) is 14.6. The van der Waals surface area contributed by atoms with E-state index >= 15 is 0 Å². The van der Waals surface area contributed by atoms with Crippen LogP contribution in [0, 0.1) is 0 Å². The molecule has 1 N–H and O–H groups in total. The maximum absolute atomic E-state index is 12.0. The van der Waals surface area contributed by atoms with Crippen molar-refractivity contribution in [2.75, 3.05) is 7.11 Å². The lowest BCUT2D eigenvalue weighted by atomic mass is 10.1. The molecule has 2 aromatic rings. The number of para-hydroxylation sites is 1. The van der Waals surface area contributed by atoms with Crippen molar-refractivity contribution in [3.05, 3.63) is 64.1 Å². The van der Waals surface area contributed by atoms with E-state index in [1.807, 2.05) is 48.5 Å². The standard InChI is InChI=1S/C16H16BrNO2/c1-20-15-9-5-3-6-12(15)10-16(19)18-11-13-7-2-4-8-14(13)17/h2-9H,10-11H2,1H3,(H,18,19). The lowest BCUT2D eigenvalue weighted by Crippen LogP contribution is -2.24. The summed E-state index contributed by atoms with van der Waals surface area (Å²) in [5, 5.41) is 2.92. The number of carbonyl (C=O) groups excluding carboxylic acids is 1. The fraction of sp³-hybridized carbons (Fsp3) is 0.188. The van der Waals surface area contributed by atoms with Crippen LogP contribution in [0.25, 0.3) is 0 Å². The maximum atomic E-state index is 12.0. The average molecular weight is 334 g/mol. The SMILES string of the molecule is COc1ccccc1CC(=O)NCc1ccccc1Br. The second kappa shape index (κ2) is 7.10. The normalized spacial score (nSPS) is 10.1. The number of hydrogen-bond donors (Lipinski definition) is 1. The first-order chi connectivity index (χ1) is 9.70. The van der Waals surface area contributed by atoms with Crippen molar-refractivity contribution < 1.29 is 9.53 Å². The zero-order valence-corrected chi connectivity index (χ0v) is 12.8. The Morgan fingerprint density at radius 3 is 2.45 bits per heavy atom. The molecule has 0 unspecified atom stereocenters. The van der Waals surface area contributed by atoms with Crippen LogP contribution in [0.2, 0.25) is 0 Å². The molecule has 0 aliphatic carbocycles. The number of ether oxygens (including phenoxy) is 1. The van der Waals surface area contributed by atoms with Gasteiger partial charge in [-0.1, -0.05) is 52.3 Å². The van der Waals surface area contributed by atoms with Crippen LogP contribution in [0.3, 0.4) is 0 Å². The molecular weight excluding hydrogens is 318 g/mol. The summed E-state index contributed by atoms with van der Waals surface area (Å²) in [6, 6.07) is 15.4. The second-order valence-corrected chi connectivity index (χ2v) is 5.21. The number of methoxy groups -OCH3 is 1. The first-order valence-corrected chi connectivity index (χ1v) is 7.12. The minimum atomic E-state index is -0.0229. The lowest BCUT2D eigenvalue weighted by Gasteiger charge is -2.09. The first-order valence-electron chi connectivity index (χ1n) is 6.32. The molecule has 2 rings (SSSR count). The topological polar surface area (TPSA) is 38.3 Å². The van der Waals surface area contributed by atoms with Crippen molar-refractivity contribution in [2.24, 2.45) is 0 Å². The molecule has 0 radical (unpaired) electrons. The molecular formula is C16H16BrNO2. The van der Waals surface area contributed by atoms with Gasteiger partial charge in [0.1, 0.15) is 5.75 Å². The number of benzene rings is 2. The molecule has 104 valence electrons. The predicted octanol–water partition coefficient (Wildman–Crippen LogP) is 3.32. The highest BCUT2D eigenvalue weighted by atomic mass is 79.9. The van der Waals surface area contributed by atoms with Gasteiger partial charge in [0.15, 0.2) is 0 Å². The summed E-state index contributed by atoms with van der Waals surface area (Å²) in [7, 11) is 1.61. The zero-order chi connectivity index (χ0) is 14.4. The van der Waals surface area contributed by atoms with Gasteiger partial charge >= 0.3 is 0 Å². The largest absolute Gasteiger partial charge is 0.496 e. The second-order valence-electron chi connectivity index (χ2n) is 4.36. The molecule has 0 atom stereocenters. The molecule has 0 saturated carbocycles. The molecule has 0 aliphatic heterocycles. The number of amides is 1. The number of halogens is 1. The molecule has 2 aromatic carbocycles. The summed E-state index contributed by atoms with van der Waals surface area (Å²) in [6.45, 7) is 0.509. The summed E-state index contributed by atoms with van der Waals surface area (Å²) >= 11 is 3.46. The summed E-state index contributed by atoms with van der Waals surface area (Å²) in [4.78, 5) is 12.0. The van der Waals surface area contributed by atoms with Crippen LogP contribution in [0.1, 0.15) is 11.1 Å². The third kappa shape index (κ3) is 3.84. The fourth-order valence-corrected chi connectivity index (χ4v) is 2.35. The Labute approximate surface area is 127 Å². The van der Waals surface area contributed by atoms with Crippen LogP contribution in [-0.2, 0) is 17.8 Å². The minimum absolute atomic E-state index is 0.0229. The summed E-state index contributed by atoms with van der Waals surface area (Å²) in [5.74, 6) is 0.716. The Kier molecular flexibility index (Phi) is 5.18. The Morgan fingerprint density at radius 2 is 1.75 bits per heavy atom. The third-order valence-corrected chi connectivity index (χ3v) is 3.75. The summed E-state index contributed by atoms with van der Waals surface area (Å²) in [6.07, 6.45) is 0.314. The number of hydrogen-bond acceptors (Lipinski definition) is 2. The van der Waals surface area contributed by atoms with Gasteiger partial charge < -0.3 is 10.1 Å². The van der Waals surface area contributed by atoms with Crippen LogP contribution >= 0.6 is 15.9 Å². The molecule has 3 nitrogen and oxygen atoms in total. The van der Waals surface area contributed by atoms with Crippen LogP contribution in [0.15, 0.2) is 53.0 Å². The molecule has 1 amide bonds. The van der Waals surface area contributed by atoms with Crippen molar-refractivity contribution in [1.82, 2.24) is 5.32 Å². The molecule has 0 aliphatic rings. The van der Waals surface area contributed by atoms with Crippen molar-refractivity contribution >= 4 is 21.8 Å². The van der Waals surface area contributed by atoms with E-state index in [0.29, 0.717) is 13.0 Å². The van der Waals surface area contributed by atoms with Gasteiger partial charge in [-0.15, -0.1) is 0 Å².